The van der Waals surface area contributed by atoms with E-state index >= 15 is 0 Å². The molecular formula is C12H22O2. The fourth-order valence-electron chi connectivity index (χ4n) is 2.38. The van der Waals surface area contributed by atoms with Crippen molar-refractivity contribution in [1.29, 1.82) is 0 Å². The molecule has 2 nitrogen and oxygen atoms in total. The van der Waals surface area contributed by atoms with E-state index in [-0.39, 0.29) is 0 Å². The lowest BCUT2D eigenvalue weighted by atomic mass is 9.80. The number of carboxylic acids is 1. The summed E-state index contributed by atoms with van der Waals surface area (Å²) in [5.41, 5.74) is -0.533. The molecule has 1 rings (SSSR count). The zero-order valence-corrected chi connectivity index (χ0v) is 9.38. The summed E-state index contributed by atoms with van der Waals surface area (Å²) in [6.45, 7) is 3.69. The monoisotopic (exact) mass is 198 g/mol. The Hall–Kier alpha value is -0.530. The highest BCUT2D eigenvalue weighted by molar-refractivity contribution is 5.73. The van der Waals surface area contributed by atoms with Gasteiger partial charge in [-0.1, -0.05) is 38.5 Å². The Morgan fingerprint density at radius 3 is 2.14 bits per heavy atom. The summed E-state index contributed by atoms with van der Waals surface area (Å²) in [7, 11) is 0. The van der Waals surface area contributed by atoms with E-state index in [1.807, 2.05) is 13.8 Å². The summed E-state index contributed by atoms with van der Waals surface area (Å²) >= 11 is 0. The highest BCUT2D eigenvalue weighted by atomic mass is 16.4. The highest BCUT2D eigenvalue weighted by Gasteiger charge is 2.30. The first-order chi connectivity index (χ1) is 6.52. The third kappa shape index (κ3) is 3.32. The van der Waals surface area contributed by atoms with Crippen LogP contribution in [-0.4, -0.2) is 11.1 Å². The molecule has 1 aliphatic rings. The van der Waals surface area contributed by atoms with E-state index in [0.717, 1.165) is 6.42 Å². The number of hydrogen-bond acceptors (Lipinski definition) is 1. The Bertz CT molecular complexity index is 188. The van der Waals surface area contributed by atoms with Gasteiger partial charge in [0.2, 0.25) is 0 Å². The van der Waals surface area contributed by atoms with Gasteiger partial charge in [-0.25, -0.2) is 0 Å². The van der Waals surface area contributed by atoms with Gasteiger partial charge in [-0.2, -0.15) is 0 Å². The summed E-state index contributed by atoms with van der Waals surface area (Å²) in [6, 6.07) is 0. The lowest BCUT2D eigenvalue weighted by Crippen LogP contribution is -2.26. The van der Waals surface area contributed by atoms with E-state index in [2.05, 4.69) is 0 Å². The third-order valence-electron chi connectivity index (χ3n) is 3.35. The molecule has 0 aromatic carbocycles. The van der Waals surface area contributed by atoms with Crippen molar-refractivity contribution in [3.8, 4) is 0 Å². The highest BCUT2D eigenvalue weighted by Crippen LogP contribution is 2.33. The molecule has 0 amide bonds. The topological polar surface area (TPSA) is 37.3 Å². The molecule has 0 unspecified atom stereocenters. The molecule has 1 aliphatic carbocycles. The van der Waals surface area contributed by atoms with Crippen LogP contribution in [0.15, 0.2) is 0 Å². The first kappa shape index (κ1) is 11.5. The number of rotatable bonds is 3. The average Bonchev–Trinajstić information content (AvgIpc) is 2.32. The summed E-state index contributed by atoms with van der Waals surface area (Å²) < 4.78 is 0. The first-order valence-electron chi connectivity index (χ1n) is 5.76. The van der Waals surface area contributed by atoms with Gasteiger partial charge in [0.05, 0.1) is 5.41 Å². The summed E-state index contributed by atoms with van der Waals surface area (Å²) in [5, 5.41) is 9.04. The smallest absolute Gasteiger partial charge is 0.309 e. The molecule has 0 bridgehead atoms. The fourth-order valence-corrected chi connectivity index (χ4v) is 2.38. The van der Waals surface area contributed by atoms with Gasteiger partial charge >= 0.3 is 5.97 Å². The van der Waals surface area contributed by atoms with E-state index in [1.165, 1.54) is 38.5 Å². The van der Waals surface area contributed by atoms with Crippen LogP contribution in [0.5, 0.6) is 0 Å². The fraction of sp³-hybridized carbons (Fsp3) is 0.917. The van der Waals surface area contributed by atoms with Crippen molar-refractivity contribution in [3.63, 3.8) is 0 Å². The zero-order chi connectivity index (χ0) is 10.6. The van der Waals surface area contributed by atoms with E-state index in [9.17, 15) is 4.79 Å². The van der Waals surface area contributed by atoms with Crippen molar-refractivity contribution in [2.45, 2.75) is 58.8 Å². The van der Waals surface area contributed by atoms with Gasteiger partial charge in [-0.3, -0.25) is 4.79 Å². The first-order valence-corrected chi connectivity index (χ1v) is 5.76. The number of carbonyl (C=O) groups is 1. The van der Waals surface area contributed by atoms with Crippen LogP contribution in [0.2, 0.25) is 0 Å². The van der Waals surface area contributed by atoms with E-state index < -0.39 is 11.4 Å². The molecule has 0 saturated heterocycles. The van der Waals surface area contributed by atoms with E-state index in [4.69, 9.17) is 5.11 Å². The zero-order valence-electron chi connectivity index (χ0n) is 9.38. The SMILES string of the molecule is CC(C)(CC1CCCCCC1)C(=O)O. The maximum absolute atomic E-state index is 11.0. The van der Waals surface area contributed by atoms with Crippen LogP contribution >= 0.6 is 0 Å². The van der Waals surface area contributed by atoms with Gasteiger partial charge in [-0.05, 0) is 26.2 Å². The molecule has 1 saturated carbocycles. The minimum Gasteiger partial charge on any atom is -0.481 e. The van der Waals surface area contributed by atoms with Crippen molar-refractivity contribution in [2.75, 3.05) is 0 Å². The van der Waals surface area contributed by atoms with Crippen molar-refractivity contribution >= 4 is 5.97 Å². The summed E-state index contributed by atoms with van der Waals surface area (Å²) in [6.07, 6.45) is 8.57. The van der Waals surface area contributed by atoms with Gasteiger partial charge < -0.3 is 5.11 Å². The molecule has 0 atom stereocenters. The molecule has 0 aromatic heterocycles. The van der Waals surface area contributed by atoms with Crippen LogP contribution in [-0.2, 0) is 4.79 Å². The second-order valence-electron chi connectivity index (χ2n) is 5.25. The summed E-state index contributed by atoms with van der Waals surface area (Å²) in [4.78, 5) is 11.0. The molecule has 0 aliphatic heterocycles. The van der Waals surface area contributed by atoms with Crippen molar-refractivity contribution in [3.05, 3.63) is 0 Å². The Morgan fingerprint density at radius 1 is 1.21 bits per heavy atom. The molecular weight excluding hydrogens is 176 g/mol. The maximum atomic E-state index is 11.0. The van der Waals surface area contributed by atoms with Crippen LogP contribution < -0.4 is 0 Å². The molecule has 82 valence electrons. The van der Waals surface area contributed by atoms with E-state index in [1.54, 1.807) is 0 Å². The number of hydrogen-bond donors (Lipinski definition) is 1. The van der Waals surface area contributed by atoms with Crippen LogP contribution in [0.1, 0.15) is 58.8 Å². The van der Waals surface area contributed by atoms with Gasteiger partial charge in [0.25, 0.3) is 0 Å². The van der Waals surface area contributed by atoms with Crippen molar-refractivity contribution in [1.82, 2.24) is 0 Å². The van der Waals surface area contributed by atoms with Gasteiger partial charge in [0.1, 0.15) is 0 Å². The van der Waals surface area contributed by atoms with E-state index in [0.29, 0.717) is 5.92 Å². The molecule has 2 heteroatoms. The normalized spacial score (nSPS) is 20.4. The third-order valence-corrected chi connectivity index (χ3v) is 3.35. The minimum absolute atomic E-state index is 0.533. The Morgan fingerprint density at radius 2 is 1.71 bits per heavy atom. The van der Waals surface area contributed by atoms with Crippen molar-refractivity contribution in [2.24, 2.45) is 11.3 Å². The summed E-state index contributed by atoms with van der Waals surface area (Å²) in [5.74, 6) is -0.00894. The van der Waals surface area contributed by atoms with Crippen LogP contribution in [0.3, 0.4) is 0 Å². The van der Waals surface area contributed by atoms with Crippen LogP contribution in [0, 0.1) is 11.3 Å². The second-order valence-corrected chi connectivity index (χ2v) is 5.25. The average molecular weight is 198 g/mol. The standard InChI is InChI=1S/C12H22O2/c1-12(2,11(13)14)9-10-7-5-3-4-6-8-10/h10H,3-9H2,1-2H3,(H,13,14). The Kier molecular flexibility index (Phi) is 3.97. The van der Waals surface area contributed by atoms with Gasteiger partial charge in [0.15, 0.2) is 0 Å². The largest absolute Gasteiger partial charge is 0.481 e. The molecule has 0 aromatic rings. The van der Waals surface area contributed by atoms with Crippen molar-refractivity contribution < 1.29 is 9.90 Å². The lowest BCUT2D eigenvalue weighted by molar-refractivity contribution is -0.148. The predicted molar refractivity (Wildman–Crippen MR) is 57.2 cm³/mol. The molecule has 1 fully saturated rings. The predicted octanol–water partition coefficient (Wildman–Crippen LogP) is 3.46. The molecule has 1 N–H and O–H groups in total. The number of carboxylic acid groups (broad SMARTS) is 1. The van der Waals surface area contributed by atoms with Gasteiger partial charge in [-0.15, -0.1) is 0 Å². The Labute approximate surface area is 86.7 Å². The maximum Gasteiger partial charge on any atom is 0.309 e. The number of aliphatic carboxylic acids is 1. The molecule has 0 spiro atoms. The minimum atomic E-state index is -0.651. The van der Waals surface area contributed by atoms with Crippen LogP contribution in [0.4, 0.5) is 0 Å². The van der Waals surface area contributed by atoms with Gasteiger partial charge in [0, 0.05) is 0 Å². The quantitative estimate of drug-likeness (QED) is 0.705. The lowest BCUT2D eigenvalue weighted by Gasteiger charge is -2.24. The molecule has 14 heavy (non-hydrogen) atoms. The molecule has 0 radical (unpaired) electrons. The molecule has 0 heterocycles. The van der Waals surface area contributed by atoms with Crippen LogP contribution in [0.25, 0.3) is 0 Å². The Balaban J connectivity index is 2.45. The second kappa shape index (κ2) is 4.81.